The molecule has 0 atom stereocenters. The molecule has 0 saturated heterocycles. The van der Waals surface area contributed by atoms with Gasteiger partial charge in [0.1, 0.15) is 0 Å². The predicted molar refractivity (Wildman–Crippen MR) is 77.0 cm³/mol. The van der Waals surface area contributed by atoms with Crippen molar-refractivity contribution < 1.29 is 13.9 Å². The highest BCUT2D eigenvalue weighted by Gasteiger charge is 2.14. The number of hydrogen-bond donors (Lipinski definition) is 2. The molecule has 0 radical (unpaired) electrons. The first-order chi connectivity index (χ1) is 10.2. The van der Waals surface area contributed by atoms with E-state index in [1.165, 1.54) is 19.2 Å². The minimum Gasteiger partial charge on any atom is -0.494 e. The molecule has 1 amide bonds. The van der Waals surface area contributed by atoms with Gasteiger partial charge in [0.2, 0.25) is 0 Å². The maximum absolute atomic E-state index is 13.6. The first-order valence-electron chi connectivity index (χ1n) is 6.27. The van der Waals surface area contributed by atoms with Crippen LogP contribution in [-0.2, 0) is 0 Å². The molecular weight excluding hydrogens is 273 g/mol. The average molecular weight is 285 g/mol. The average Bonchev–Trinajstić information content (AvgIpc) is 2.91. The standard InChI is InChI=1S/C15H12FN3O2/c1-21-13-7-6-9(8-11(13)16)17-15(20)14-10-4-2-3-5-12(10)18-19-14/h2-8H,1H3,(H,17,20)(H,18,19). The Kier molecular flexibility index (Phi) is 3.27. The summed E-state index contributed by atoms with van der Waals surface area (Å²) in [6.07, 6.45) is 0. The summed E-state index contributed by atoms with van der Waals surface area (Å²) in [5.74, 6) is -0.822. The Hall–Kier alpha value is -2.89. The van der Waals surface area contributed by atoms with Gasteiger partial charge >= 0.3 is 0 Å². The molecular formula is C15H12FN3O2. The zero-order valence-electron chi connectivity index (χ0n) is 11.2. The van der Waals surface area contributed by atoms with E-state index in [1.807, 2.05) is 18.2 Å². The minimum atomic E-state index is -0.540. The van der Waals surface area contributed by atoms with Gasteiger partial charge in [-0.25, -0.2) is 4.39 Å². The Balaban J connectivity index is 1.88. The summed E-state index contributed by atoms with van der Waals surface area (Å²) >= 11 is 0. The highest BCUT2D eigenvalue weighted by molar-refractivity contribution is 6.11. The first-order valence-corrected chi connectivity index (χ1v) is 6.27. The zero-order valence-corrected chi connectivity index (χ0v) is 11.2. The van der Waals surface area contributed by atoms with Crippen LogP contribution in [0.25, 0.3) is 10.9 Å². The van der Waals surface area contributed by atoms with Gasteiger partial charge in [0, 0.05) is 17.1 Å². The van der Waals surface area contributed by atoms with Crippen LogP contribution in [0.15, 0.2) is 42.5 Å². The topological polar surface area (TPSA) is 67.0 Å². The Morgan fingerprint density at radius 3 is 2.86 bits per heavy atom. The fourth-order valence-corrected chi connectivity index (χ4v) is 2.07. The lowest BCUT2D eigenvalue weighted by Crippen LogP contribution is -2.13. The normalized spacial score (nSPS) is 10.6. The number of nitrogens with one attached hydrogen (secondary N) is 2. The molecule has 106 valence electrons. The van der Waals surface area contributed by atoms with E-state index < -0.39 is 11.7 Å². The molecule has 5 nitrogen and oxygen atoms in total. The van der Waals surface area contributed by atoms with Crippen LogP contribution in [0.5, 0.6) is 5.75 Å². The van der Waals surface area contributed by atoms with Crippen LogP contribution < -0.4 is 10.1 Å². The van der Waals surface area contributed by atoms with Crippen molar-refractivity contribution in [3.05, 3.63) is 54.0 Å². The second kappa shape index (κ2) is 5.24. The summed E-state index contributed by atoms with van der Waals surface area (Å²) in [5, 5.41) is 10.1. The van der Waals surface area contributed by atoms with Gasteiger partial charge in [-0.1, -0.05) is 18.2 Å². The summed E-state index contributed by atoms with van der Waals surface area (Å²) in [6.45, 7) is 0. The maximum Gasteiger partial charge on any atom is 0.276 e. The van der Waals surface area contributed by atoms with Gasteiger partial charge in [-0.2, -0.15) is 5.10 Å². The van der Waals surface area contributed by atoms with Crippen LogP contribution in [0.3, 0.4) is 0 Å². The fraction of sp³-hybridized carbons (Fsp3) is 0.0667. The largest absolute Gasteiger partial charge is 0.494 e. The summed E-state index contributed by atoms with van der Waals surface area (Å²) in [5.41, 5.74) is 1.37. The van der Waals surface area contributed by atoms with Crippen LogP contribution in [0, 0.1) is 5.82 Å². The van der Waals surface area contributed by atoms with Crippen molar-refractivity contribution in [2.24, 2.45) is 0 Å². The second-order valence-electron chi connectivity index (χ2n) is 4.42. The van der Waals surface area contributed by atoms with Crippen LogP contribution >= 0.6 is 0 Å². The molecule has 0 unspecified atom stereocenters. The monoisotopic (exact) mass is 285 g/mol. The molecule has 0 spiro atoms. The lowest BCUT2D eigenvalue weighted by atomic mass is 10.2. The van der Waals surface area contributed by atoms with Gasteiger partial charge in [-0.3, -0.25) is 9.89 Å². The highest BCUT2D eigenvalue weighted by atomic mass is 19.1. The minimum absolute atomic E-state index is 0.123. The lowest BCUT2D eigenvalue weighted by molar-refractivity contribution is 0.102. The van der Waals surface area contributed by atoms with Crippen molar-refractivity contribution in [1.82, 2.24) is 10.2 Å². The van der Waals surface area contributed by atoms with Crippen LogP contribution in [-0.4, -0.2) is 23.2 Å². The van der Waals surface area contributed by atoms with E-state index in [1.54, 1.807) is 12.1 Å². The summed E-state index contributed by atoms with van der Waals surface area (Å²) in [7, 11) is 1.38. The molecule has 0 bridgehead atoms. The van der Waals surface area contributed by atoms with Gasteiger partial charge in [0.15, 0.2) is 17.3 Å². The number of aromatic nitrogens is 2. The van der Waals surface area contributed by atoms with Crippen molar-refractivity contribution in [1.29, 1.82) is 0 Å². The van der Waals surface area contributed by atoms with Crippen molar-refractivity contribution in [3.8, 4) is 5.75 Å². The van der Waals surface area contributed by atoms with Gasteiger partial charge in [0.25, 0.3) is 5.91 Å². The molecule has 0 aliphatic carbocycles. The summed E-state index contributed by atoms with van der Waals surface area (Å²) in [4.78, 5) is 12.2. The lowest BCUT2D eigenvalue weighted by Gasteiger charge is -2.06. The number of H-pyrrole nitrogens is 1. The Morgan fingerprint density at radius 2 is 2.10 bits per heavy atom. The molecule has 3 rings (SSSR count). The van der Waals surface area contributed by atoms with Gasteiger partial charge in [-0.05, 0) is 18.2 Å². The van der Waals surface area contributed by atoms with Crippen molar-refractivity contribution in [3.63, 3.8) is 0 Å². The second-order valence-corrected chi connectivity index (χ2v) is 4.42. The molecule has 1 aromatic heterocycles. The van der Waals surface area contributed by atoms with Crippen LogP contribution in [0.2, 0.25) is 0 Å². The van der Waals surface area contributed by atoms with E-state index in [4.69, 9.17) is 4.74 Å². The molecule has 3 aromatic rings. The van der Waals surface area contributed by atoms with Crippen LogP contribution in [0.1, 0.15) is 10.5 Å². The van der Waals surface area contributed by atoms with Crippen molar-refractivity contribution >= 4 is 22.5 Å². The Bertz CT molecular complexity index is 814. The van der Waals surface area contributed by atoms with E-state index in [0.29, 0.717) is 11.1 Å². The number of carbonyl (C=O) groups is 1. The number of nitrogens with zero attached hydrogens (tertiary/aromatic N) is 1. The predicted octanol–water partition coefficient (Wildman–Crippen LogP) is 2.96. The molecule has 21 heavy (non-hydrogen) atoms. The maximum atomic E-state index is 13.6. The van der Waals surface area contributed by atoms with E-state index >= 15 is 0 Å². The van der Waals surface area contributed by atoms with E-state index in [0.717, 1.165) is 5.52 Å². The molecule has 0 saturated carbocycles. The number of methoxy groups -OCH3 is 1. The number of anilines is 1. The molecule has 0 aliphatic rings. The number of benzene rings is 2. The first kappa shape index (κ1) is 13.1. The molecule has 2 aromatic carbocycles. The molecule has 1 heterocycles. The van der Waals surface area contributed by atoms with Crippen molar-refractivity contribution in [2.75, 3.05) is 12.4 Å². The van der Waals surface area contributed by atoms with Gasteiger partial charge in [0.05, 0.1) is 12.6 Å². The third kappa shape index (κ3) is 2.43. The SMILES string of the molecule is COc1ccc(NC(=O)c2n[nH]c3ccccc23)cc1F. The quantitative estimate of drug-likeness (QED) is 0.777. The number of ether oxygens (including phenoxy) is 1. The number of halogens is 1. The van der Waals surface area contributed by atoms with Crippen LogP contribution in [0.4, 0.5) is 10.1 Å². The summed E-state index contributed by atoms with van der Waals surface area (Å²) in [6, 6.07) is 11.5. The number of carbonyl (C=O) groups excluding carboxylic acids is 1. The molecule has 0 fully saturated rings. The van der Waals surface area contributed by atoms with Crippen molar-refractivity contribution in [2.45, 2.75) is 0 Å². The van der Waals surface area contributed by atoms with E-state index in [9.17, 15) is 9.18 Å². The number of hydrogen-bond acceptors (Lipinski definition) is 3. The number of para-hydroxylation sites is 1. The van der Waals surface area contributed by atoms with Gasteiger partial charge < -0.3 is 10.1 Å². The smallest absolute Gasteiger partial charge is 0.276 e. The molecule has 0 aliphatic heterocycles. The number of aromatic amines is 1. The summed E-state index contributed by atoms with van der Waals surface area (Å²) < 4.78 is 18.4. The third-order valence-electron chi connectivity index (χ3n) is 3.10. The third-order valence-corrected chi connectivity index (χ3v) is 3.10. The number of rotatable bonds is 3. The van der Waals surface area contributed by atoms with Gasteiger partial charge in [-0.15, -0.1) is 0 Å². The molecule has 6 heteroatoms. The van der Waals surface area contributed by atoms with E-state index in [-0.39, 0.29) is 11.4 Å². The highest BCUT2D eigenvalue weighted by Crippen LogP contribution is 2.22. The number of amides is 1. The zero-order chi connectivity index (χ0) is 14.8. The van der Waals surface area contributed by atoms with E-state index in [2.05, 4.69) is 15.5 Å². The Labute approximate surface area is 119 Å². The number of fused-ring (bicyclic) bond motifs is 1. The fourth-order valence-electron chi connectivity index (χ4n) is 2.07. The Morgan fingerprint density at radius 1 is 1.29 bits per heavy atom. The molecule has 2 N–H and O–H groups in total.